The third-order valence-corrected chi connectivity index (χ3v) is 3.44. The fourth-order valence-electron chi connectivity index (χ4n) is 2.27. The molecule has 0 fully saturated rings. The third-order valence-electron chi connectivity index (χ3n) is 3.32. The number of nitrogens with one attached hydrogen (secondary N) is 1. The molecule has 0 radical (unpaired) electrons. The molecule has 2 aromatic carbocycles. The van der Waals surface area contributed by atoms with Gasteiger partial charge in [0.2, 0.25) is 0 Å². The molecule has 1 atom stereocenters. The van der Waals surface area contributed by atoms with Gasteiger partial charge in [0.05, 0.1) is 13.2 Å². The second kappa shape index (κ2) is 6.45. The Hall–Kier alpha value is -2.27. The van der Waals surface area contributed by atoms with Crippen molar-refractivity contribution in [1.82, 2.24) is 5.32 Å². The summed E-state index contributed by atoms with van der Waals surface area (Å²) in [6.07, 6.45) is 0. The van der Waals surface area contributed by atoms with Gasteiger partial charge in [0.25, 0.3) is 0 Å². The first-order chi connectivity index (χ1) is 10.0. The van der Waals surface area contributed by atoms with E-state index in [1.807, 2.05) is 37.3 Å². The molecule has 2 aromatic rings. The van der Waals surface area contributed by atoms with Gasteiger partial charge in [-0.2, -0.15) is 0 Å². The lowest BCUT2D eigenvalue weighted by Gasteiger charge is -2.22. The first-order valence-corrected chi connectivity index (χ1v) is 6.92. The summed E-state index contributed by atoms with van der Waals surface area (Å²) >= 11 is 4.99. The van der Waals surface area contributed by atoms with Gasteiger partial charge in [0, 0.05) is 0 Å². The van der Waals surface area contributed by atoms with Crippen LogP contribution in [0.1, 0.15) is 22.7 Å². The number of hydrogen-bond donors (Lipinski definition) is 3. The summed E-state index contributed by atoms with van der Waals surface area (Å²) in [6, 6.07) is 13.0. The molecule has 2 rings (SSSR count). The number of thiocarbonyl (C=S) groups is 1. The number of methoxy groups -OCH3 is 1. The lowest BCUT2D eigenvalue weighted by atomic mass is 9.95. The van der Waals surface area contributed by atoms with Crippen LogP contribution in [0.4, 0.5) is 0 Å². The van der Waals surface area contributed by atoms with E-state index in [1.54, 1.807) is 12.1 Å². The topological polar surface area (TPSA) is 67.5 Å². The normalized spacial score (nSPS) is 11.7. The van der Waals surface area contributed by atoms with Crippen LogP contribution in [0.15, 0.2) is 42.5 Å². The van der Waals surface area contributed by atoms with Crippen LogP contribution in [0.25, 0.3) is 0 Å². The smallest absolute Gasteiger partial charge is 0.164 e. The highest BCUT2D eigenvalue weighted by Gasteiger charge is 2.18. The molecule has 0 aromatic heterocycles. The maximum atomic E-state index is 9.73. The summed E-state index contributed by atoms with van der Waals surface area (Å²) in [5.41, 5.74) is 8.76. The molecule has 5 heteroatoms. The van der Waals surface area contributed by atoms with Crippen LogP contribution in [-0.4, -0.2) is 17.3 Å². The Kier molecular flexibility index (Phi) is 4.65. The summed E-state index contributed by atoms with van der Waals surface area (Å²) in [5, 5.41) is 13.0. The molecule has 0 saturated heterocycles. The Morgan fingerprint density at radius 3 is 2.62 bits per heavy atom. The van der Waals surface area contributed by atoms with Gasteiger partial charge < -0.3 is 20.9 Å². The van der Waals surface area contributed by atoms with Crippen molar-refractivity contribution in [3.05, 3.63) is 59.2 Å². The maximum Gasteiger partial charge on any atom is 0.164 e. The molecule has 0 saturated carbocycles. The number of benzene rings is 2. The van der Waals surface area contributed by atoms with E-state index in [9.17, 15) is 5.11 Å². The standard InChI is InChI=1S/C16H18N2O2S/c1-10-5-3-4-6-12(10)15(18-16(17)21)11-7-8-13(19)14(9-11)20-2/h3-9,15,19H,1-2H3,(H3,17,18,21). The van der Waals surface area contributed by atoms with Crippen LogP contribution < -0.4 is 15.8 Å². The van der Waals surface area contributed by atoms with Crippen LogP contribution >= 0.6 is 12.2 Å². The molecule has 21 heavy (non-hydrogen) atoms. The molecule has 110 valence electrons. The van der Waals surface area contributed by atoms with Crippen LogP contribution in [0, 0.1) is 6.92 Å². The first kappa shape index (κ1) is 15.1. The number of hydrogen-bond acceptors (Lipinski definition) is 3. The van der Waals surface area contributed by atoms with Crippen molar-refractivity contribution < 1.29 is 9.84 Å². The number of nitrogens with two attached hydrogens (primary N) is 1. The molecule has 0 aliphatic rings. The van der Waals surface area contributed by atoms with Crippen molar-refractivity contribution >= 4 is 17.3 Å². The minimum Gasteiger partial charge on any atom is -0.504 e. The Balaban J connectivity index is 2.50. The monoisotopic (exact) mass is 302 g/mol. The Morgan fingerprint density at radius 1 is 1.29 bits per heavy atom. The summed E-state index contributed by atoms with van der Waals surface area (Å²) in [7, 11) is 1.52. The molecule has 0 amide bonds. The third kappa shape index (κ3) is 3.44. The summed E-state index contributed by atoms with van der Waals surface area (Å²) in [6.45, 7) is 2.03. The fourth-order valence-corrected chi connectivity index (χ4v) is 2.39. The van der Waals surface area contributed by atoms with Crippen molar-refractivity contribution in [1.29, 1.82) is 0 Å². The van der Waals surface area contributed by atoms with Crippen molar-refractivity contribution in [2.24, 2.45) is 5.73 Å². The average Bonchev–Trinajstić information content (AvgIpc) is 2.46. The molecule has 0 spiro atoms. The average molecular weight is 302 g/mol. The molecule has 4 nitrogen and oxygen atoms in total. The molecule has 0 heterocycles. The number of ether oxygens (including phenoxy) is 1. The lowest BCUT2D eigenvalue weighted by Crippen LogP contribution is -2.33. The number of phenolic OH excluding ortho intramolecular Hbond substituents is 1. The largest absolute Gasteiger partial charge is 0.504 e. The first-order valence-electron chi connectivity index (χ1n) is 6.51. The van der Waals surface area contributed by atoms with Crippen molar-refractivity contribution in [2.45, 2.75) is 13.0 Å². The zero-order valence-corrected chi connectivity index (χ0v) is 12.8. The predicted octanol–water partition coefficient (Wildman–Crippen LogP) is 2.63. The van der Waals surface area contributed by atoms with Crippen LogP contribution in [0.2, 0.25) is 0 Å². The maximum absolute atomic E-state index is 9.73. The van der Waals surface area contributed by atoms with Crippen molar-refractivity contribution in [3.63, 3.8) is 0 Å². The highest BCUT2D eigenvalue weighted by atomic mass is 32.1. The van der Waals surface area contributed by atoms with Gasteiger partial charge in [0.1, 0.15) is 0 Å². The summed E-state index contributed by atoms with van der Waals surface area (Å²) in [5.74, 6) is 0.510. The van der Waals surface area contributed by atoms with Gasteiger partial charge >= 0.3 is 0 Å². The molecule has 4 N–H and O–H groups in total. The summed E-state index contributed by atoms with van der Waals surface area (Å²) in [4.78, 5) is 0. The zero-order valence-electron chi connectivity index (χ0n) is 12.0. The Labute approximate surface area is 129 Å². The van der Waals surface area contributed by atoms with Crippen molar-refractivity contribution in [3.8, 4) is 11.5 Å². The van der Waals surface area contributed by atoms with Gasteiger partial charge in [-0.3, -0.25) is 0 Å². The predicted molar refractivity (Wildman–Crippen MR) is 87.6 cm³/mol. The molecular weight excluding hydrogens is 284 g/mol. The second-order valence-corrected chi connectivity index (χ2v) is 5.17. The van der Waals surface area contributed by atoms with Gasteiger partial charge in [-0.05, 0) is 48.0 Å². The van der Waals surface area contributed by atoms with E-state index in [0.717, 1.165) is 16.7 Å². The lowest BCUT2D eigenvalue weighted by molar-refractivity contribution is 0.372. The van der Waals surface area contributed by atoms with E-state index >= 15 is 0 Å². The molecule has 0 bridgehead atoms. The van der Waals surface area contributed by atoms with Gasteiger partial charge in [-0.15, -0.1) is 0 Å². The Bertz CT molecular complexity index is 658. The van der Waals surface area contributed by atoms with E-state index < -0.39 is 0 Å². The number of aromatic hydroxyl groups is 1. The van der Waals surface area contributed by atoms with Gasteiger partial charge in [-0.25, -0.2) is 0 Å². The van der Waals surface area contributed by atoms with Crippen LogP contribution in [0.3, 0.4) is 0 Å². The van der Waals surface area contributed by atoms with Gasteiger partial charge in [0.15, 0.2) is 16.6 Å². The molecule has 0 aliphatic carbocycles. The highest BCUT2D eigenvalue weighted by Crippen LogP contribution is 2.32. The van der Waals surface area contributed by atoms with E-state index in [-0.39, 0.29) is 16.9 Å². The van der Waals surface area contributed by atoms with Crippen LogP contribution in [-0.2, 0) is 0 Å². The Morgan fingerprint density at radius 2 is 2.00 bits per heavy atom. The van der Waals surface area contributed by atoms with E-state index in [0.29, 0.717) is 5.75 Å². The van der Waals surface area contributed by atoms with Gasteiger partial charge in [-0.1, -0.05) is 30.3 Å². The minimum atomic E-state index is -0.196. The minimum absolute atomic E-state index is 0.0973. The molecule has 1 unspecified atom stereocenters. The number of phenols is 1. The molecule has 0 aliphatic heterocycles. The SMILES string of the molecule is COc1cc(C(NC(N)=S)c2ccccc2C)ccc1O. The summed E-state index contributed by atoms with van der Waals surface area (Å²) < 4.78 is 5.17. The number of aryl methyl sites for hydroxylation is 1. The van der Waals surface area contributed by atoms with E-state index in [4.69, 9.17) is 22.7 Å². The second-order valence-electron chi connectivity index (χ2n) is 4.73. The fraction of sp³-hybridized carbons (Fsp3) is 0.188. The zero-order chi connectivity index (χ0) is 15.4. The van der Waals surface area contributed by atoms with Crippen molar-refractivity contribution in [2.75, 3.05) is 7.11 Å². The highest BCUT2D eigenvalue weighted by molar-refractivity contribution is 7.80. The van der Waals surface area contributed by atoms with Crippen LogP contribution in [0.5, 0.6) is 11.5 Å². The molecular formula is C16H18N2O2S. The van der Waals surface area contributed by atoms with E-state index in [2.05, 4.69) is 5.32 Å². The van der Waals surface area contributed by atoms with E-state index in [1.165, 1.54) is 7.11 Å². The number of rotatable bonds is 4. The quantitative estimate of drug-likeness (QED) is 0.758.